The number of benzene rings is 2. The SMILES string of the molecule is O=c1ccc2ccc(OCc3cccc(CN(Cc4ccccc4)Cc4ccccn4)n3)cc2o1. The summed E-state index contributed by atoms with van der Waals surface area (Å²) in [6.45, 7) is 2.51. The van der Waals surface area contributed by atoms with Crippen LogP contribution in [0, 0.1) is 0 Å². The van der Waals surface area contributed by atoms with Crippen molar-refractivity contribution in [1.29, 1.82) is 0 Å². The molecule has 35 heavy (non-hydrogen) atoms. The van der Waals surface area contributed by atoms with E-state index in [4.69, 9.17) is 14.1 Å². The molecule has 0 radical (unpaired) electrons. The van der Waals surface area contributed by atoms with Gasteiger partial charge in [-0.3, -0.25) is 14.9 Å². The highest BCUT2D eigenvalue weighted by Gasteiger charge is 2.11. The Hall–Kier alpha value is -4.29. The van der Waals surface area contributed by atoms with E-state index < -0.39 is 0 Å². The molecule has 5 rings (SSSR count). The Labute approximate surface area is 203 Å². The van der Waals surface area contributed by atoms with E-state index in [9.17, 15) is 4.79 Å². The molecule has 0 fully saturated rings. The molecule has 6 heteroatoms. The molecular weight excluding hydrogens is 438 g/mol. The minimum atomic E-state index is -0.380. The maximum Gasteiger partial charge on any atom is 0.336 e. The van der Waals surface area contributed by atoms with Gasteiger partial charge in [-0.25, -0.2) is 4.79 Å². The number of hydrogen-bond donors (Lipinski definition) is 0. The van der Waals surface area contributed by atoms with Crippen LogP contribution in [0.15, 0.2) is 112 Å². The van der Waals surface area contributed by atoms with E-state index in [2.05, 4.69) is 34.1 Å². The number of fused-ring (bicyclic) bond motifs is 1. The van der Waals surface area contributed by atoms with Gasteiger partial charge in [0.05, 0.1) is 17.1 Å². The highest BCUT2D eigenvalue weighted by atomic mass is 16.5. The first-order valence-electron chi connectivity index (χ1n) is 11.5. The largest absolute Gasteiger partial charge is 0.487 e. The highest BCUT2D eigenvalue weighted by molar-refractivity contribution is 5.77. The first kappa shape index (κ1) is 22.5. The molecule has 0 atom stereocenters. The Bertz CT molecular complexity index is 1410. The first-order valence-corrected chi connectivity index (χ1v) is 11.5. The summed E-state index contributed by atoms with van der Waals surface area (Å²) in [5.41, 5.74) is 4.17. The van der Waals surface area contributed by atoms with Crippen molar-refractivity contribution in [3.63, 3.8) is 0 Å². The number of rotatable bonds is 9. The Morgan fingerprint density at radius 2 is 1.51 bits per heavy atom. The molecule has 0 bridgehead atoms. The number of nitrogens with zero attached hydrogens (tertiary/aromatic N) is 3. The van der Waals surface area contributed by atoms with E-state index >= 15 is 0 Å². The van der Waals surface area contributed by atoms with Crippen LogP contribution in [0.1, 0.15) is 22.6 Å². The van der Waals surface area contributed by atoms with E-state index in [0.717, 1.165) is 35.6 Å². The summed E-state index contributed by atoms with van der Waals surface area (Å²) < 4.78 is 11.2. The summed E-state index contributed by atoms with van der Waals surface area (Å²) in [5, 5.41) is 0.850. The van der Waals surface area contributed by atoms with Crippen molar-refractivity contribution in [3.05, 3.63) is 136 Å². The first-order chi connectivity index (χ1) is 17.2. The summed E-state index contributed by atoms with van der Waals surface area (Å²) in [6, 6.07) is 31.0. The summed E-state index contributed by atoms with van der Waals surface area (Å²) in [5.74, 6) is 0.625. The van der Waals surface area contributed by atoms with Crippen molar-refractivity contribution < 1.29 is 9.15 Å². The van der Waals surface area contributed by atoms with Gasteiger partial charge in [0.1, 0.15) is 17.9 Å². The number of pyridine rings is 2. The van der Waals surface area contributed by atoms with Crippen LogP contribution in [0.25, 0.3) is 11.0 Å². The zero-order valence-electron chi connectivity index (χ0n) is 19.2. The van der Waals surface area contributed by atoms with Crippen molar-refractivity contribution >= 4 is 11.0 Å². The molecule has 0 unspecified atom stereocenters. The molecular formula is C29H25N3O3. The molecule has 0 aliphatic rings. The summed E-state index contributed by atoms with van der Waals surface area (Å²) in [4.78, 5) is 23.2. The van der Waals surface area contributed by atoms with E-state index in [1.54, 1.807) is 12.1 Å². The normalized spacial score (nSPS) is 11.1. The molecule has 0 aliphatic heterocycles. The van der Waals surface area contributed by atoms with Gasteiger partial charge in [0.15, 0.2) is 0 Å². The van der Waals surface area contributed by atoms with Gasteiger partial charge in [0.2, 0.25) is 0 Å². The Kier molecular flexibility index (Phi) is 6.92. The predicted molar refractivity (Wildman–Crippen MR) is 135 cm³/mol. The second-order valence-corrected chi connectivity index (χ2v) is 8.31. The zero-order chi connectivity index (χ0) is 23.9. The van der Waals surface area contributed by atoms with Crippen molar-refractivity contribution in [2.45, 2.75) is 26.2 Å². The third-order valence-electron chi connectivity index (χ3n) is 5.59. The van der Waals surface area contributed by atoms with Crippen LogP contribution < -0.4 is 10.4 Å². The van der Waals surface area contributed by atoms with Crippen molar-refractivity contribution in [2.75, 3.05) is 0 Å². The van der Waals surface area contributed by atoms with Crippen LogP contribution in [0.4, 0.5) is 0 Å². The van der Waals surface area contributed by atoms with Gasteiger partial charge in [-0.1, -0.05) is 42.5 Å². The van der Waals surface area contributed by atoms with Crippen LogP contribution in [0.5, 0.6) is 5.75 Å². The van der Waals surface area contributed by atoms with E-state index in [1.807, 2.05) is 60.8 Å². The lowest BCUT2D eigenvalue weighted by atomic mass is 10.2. The van der Waals surface area contributed by atoms with Gasteiger partial charge in [0, 0.05) is 43.4 Å². The molecule has 5 aromatic rings. The third kappa shape index (κ3) is 6.19. The highest BCUT2D eigenvalue weighted by Crippen LogP contribution is 2.20. The third-order valence-corrected chi connectivity index (χ3v) is 5.59. The minimum absolute atomic E-state index is 0.315. The maximum atomic E-state index is 11.5. The average molecular weight is 464 g/mol. The molecule has 174 valence electrons. The lowest BCUT2D eigenvalue weighted by molar-refractivity contribution is 0.240. The lowest BCUT2D eigenvalue weighted by Crippen LogP contribution is -2.23. The minimum Gasteiger partial charge on any atom is -0.487 e. The van der Waals surface area contributed by atoms with Crippen molar-refractivity contribution in [1.82, 2.24) is 14.9 Å². The summed E-state index contributed by atoms with van der Waals surface area (Å²) in [7, 11) is 0. The Balaban J connectivity index is 1.29. The smallest absolute Gasteiger partial charge is 0.336 e. The molecule has 0 saturated heterocycles. The monoisotopic (exact) mass is 463 g/mol. The Morgan fingerprint density at radius 3 is 2.37 bits per heavy atom. The average Bonchev–Trinajstić information content (AvgIpc) is 2.88. The van der Waals surface area contributed by atoms with Gasteiger partial charge >= 0.3 is 5.63 Å². The standard InChI is InChI=1S/C29H25N3O3/c33-29-15-13-23-12-14-27(17-28(23)35-29)34-21-26-11-6-10-25(31-26)20-32(18-22-7-2-1-3-8-22)19-24-9-4-5-16-30-24/h1-17H,18-21H2. The maximum absolute atomic E-state index is 11.5. The van der Waals surface area contributed by atoms with E-state index in [1.165, 1.54) is 11.6 Å². The molecule has 0 N–H and O–H groups in total. The van der Waals surface area contributed by atoms with Gasteiger partial charge in [-0.2, -0.15) is 0 Å². The van der Waals surface area contributed by atoms with Crippen LogP contribution >= 0.6 is 0 Å². The van der Waals surface area contributed by atoms with Crippen molar-refractivity contribution in [2.24, 2.45) is 0 Å². The topological polar surface area (TPSA) is 68.5 Å². The van der Waals surface area contributed by atoms with Gasteiger partial charge < -0.3 is 9.15 Å². The van der Waals surface area contributed by atoms with Crippen LogP contribution in [0.2, 0.25) is 0 Å². The molecule has 0 amide bonds. The quantitative estimate of drug-likeness (QED) is 0.274. The summed E-state index contributed by atoms with van der Waals surface area (Å²) in [6.07, 6.45) is 1.82. The van der Waals surface area contributed by atoms with Crippen molar-refractivity contribution in [3.8, 4) is 5.75 Å². The molecule has 0 aliphatic carbocycles. The Morgan fingerprint density at radius 1 is 0.743 bits per heavy atom. The molecule has 0 spiro atoms. The summed E-state index contributed by atoms with van der Waals surface area (Å²) >= 11 is 0. The van der Waals surface area contributed by atoms with Crippen LogP contribution in [-0.2, 0) is 26.2 Å². The molecule has 6 nitrogen and oxygen atoms in total. The second kappa shape index (κ2) is 10.8. The van der Waals surface area contributed by atoms with Gasteiger partial charge in [-0.05, 0) is 48.0 Å². The number of ether oxygens (including phenoxy) is 1. The van der Waals surface area contributed by atoms with Gasteiger partial charge in [0.25, 0.3) is 0 Å². The van der Waals surface area contributed by atoms with Crippen LogP contribution in [0.3, 0.4) is 0 Å². The second-order valence-electron chi connectivity index (χ2n) is 8.31. The van der Waals surface area contributed by atoms with Crippen LogP contribution in [-0.4, -0.2) is 14.9 Å². The van der Waals surface area contributed by atoms with E-state index in [-0.39, 0.29) is 5.63 Å². The van der Waals surface area contributed by atoms with E-state index in [0.29, 0.717) is 24.5 Å². The molecule has 3 heterocycles. The van der Waals surface area contributed by atoms with Gasteiger partial charge in [-0.15, -0.1) is 0 Å². The fraction of sp³-hybridized carbons (Fsp3) is 0.138. The zero-order valence-corrected chi connectivity index (χ0v) is 19.2. The number of hydrogen-bond acceptors (Lipinski definition) is 6. The fourth-order valence-corrected chi connectivity index (χ4v) is 3.94. The lowest BCUT2D eigenvalue weighted by Gasteiger charge is -2.22. The predicted octanol–water partition coefficient (Wildman–Crippen LogP) is 5.36. The molecule has 0 saturated carbocycles. The molecule has 3 aromatic heterocycles. The molecule has 2 aromatic carbocycles. The fourth-order valence-electron chi connectivity index (χ4n) is 3.94. The number of aromatic nitrogens is 2.